The Morgan fingerprint density at radius 1 is 0.778 bits per heavy atom. The highest BCUT2D eigenvalue weighted by molar-refractivity contribution is 7.92. The van der Waals surface area contributed by atoms with E-state index >= 15 is 0 Å². The number of ether oxygens (including phenoxy) is 1. The Morgan fingerprint density at radius 3 is 2.03 bits per heavy atom. The van der Waals surface area contributed by atoms with Crippen molar-refractivity contribution in [2.75, 3.05) is 24.5 Å². The molecule has 1 aliphatic heterocycles. The topological polar surface area (TPSA) is 49.9 Å². The summed E-state index contributed by atoms with van der Waals surface area (Å²) in [5.41, 5.74) is 2.17. The zero-order chi connectivity index (χ0) is 25.0. The lowest BCUT2D eigenvalue weighted by Crippen LogP contribution is -2.51. The number of likely N-dealkylation sites (tertiary alicyclic amines) is 1. The van der Waals surface area contributed by atoms with Crippen LogP contribution in [0.5, 0.6) is 5.75 Å². The molecule has 36 heavy (non-hydrogen) atoms. The minimum atomic E-state index is -3.72. The van der Waals surface area contributed by atoms with Gasteiger partial charge in [-0.15, -0.1) is 0 Å². The number of rotatable bonds is 7. The third kappa shape index (κ3) is 5.16. The van der Waals surface area contributed by atoms with E-state index in [9.17, 15) is 8.42 Å². The van der Waals surface area contributed by atoms with Gasteiger partial charge in [-0.3, -0.25) is 9.21 Å². The van der Waals surface area contributed by atoms with E-state index in [1.807, 2.05) is 30.3 Å². The first-order chi connectivity index (χ1) is 17.6. The molecule has 0 bridgehead atoms. The Bertz CT molecular complexity index is 1210. The summed E-state index contributed by atoms with van der Waals surface area (Å²) in [6.07, 6.45) is 6.66. The van der Waals surface area contributed by atoms with Crippen LogP contribution < -0.4 is 9.04 Å². The predicted molar refractivity (Wildman–Crippen MR) is 145 cm³/mol. The Hall–Kier alpha value is -2.83. The fourth-order valence-electron chi connectivity index (χ4n) is 6.07. The van der Waals surface area contributed by atoms with Crippen LogP contribution in [0.3, 0.4) is 0 Å². The van der Waals surface area contributed by atoms with Gasteiger partial charge in [-0.25, -0.2) is 8.42 Å². The van der Waals surface area contributed by atoms with Crippen LogP contribution in [0.1, 0.15) is 50.0 Å². The number of hydrogen-bond donors (Lipinski definition) is 0. The lowest BCUT2D eigenvalue weighted by atomic mass is 9.78. The number of methoxy groups -OCH3 is 1. The smallest absolute Gasteiger partial charge is 0.264 e. The van der Waals surface area contributed by atoms with E-state index in [4.69, 9.17) is 4.74 Å². The van der Waals surface area contributed by atoms with Crippen molar-refractivity contribution in [3.05, 3.63) is 90.5 Å². The van der Waals surface area contributed by atoms with Crippen molar-refractivity contribution in [1.29, 1.82) is 0 Å². The predicted octanol–water partition coefficient (Wildman–Crippen LogP) is 6.08. The molecule has 2 unspecified atom stereocenters. The molecule has 1 saturated heterocycles. The summed E-state index contributed by atoms with van der Waals surface area (Å²) in [6.45, 7) is 1.83. The third-order valence-corrected chi connectivity index (χ3v) is 9.78. The van der Waals surface area contributed by atoms with E-state index in [0.29, 0.717) is 22.6 Å². The van der Waals surface area contributed by atoms with E-state index in [1.165, 1.54) is 31.2 Å². The summed E-state index contributed by atoms with van der Waals surface area (Å²) in [4.78, 5) is 2.93. The largest absolute Gasteiger partial charge is 0.497 e. The van der Waals surface area contributed by atoms with Crippen molar-refractivity contribution in [3.63, 3.8) is 0 Å². The van der Waals surface area contributed by atoms with Crippen molar-refractivity contribution in [3.8, 4) is 5.75 Å². The first kappa shape index (κ1) is 24.8. The fraction of sp³-hybridized carbons (Fsp3) is 0.400. The summed E-state index contributed by atoms with van der Waals surface area (Å²) in [7, 11) is -2.13. The lowest BCUT2D eigenvalue weighted by Gasteiger charge is -2.45. The van der Waals surface area contributed by atoms with Crippen LogP contribution >= 0.6 is 0 Å². The van der Waals surface area contributed by atoms with E-state index < -0.39 is 10.0 Å². The van der Waals surface area contributed by atoms with Crippen LogP contribution in [0.4, 0.5) is 5.69 Å². The molecule has 6 heteroatoms. The standard InChI is InChI=1S/C30H36N2O3S/c1-35-27-16-18-28(19-17-27)36(33,34)32(25-12-6-3-7-13-25)26-20-22-31(23-21-26)30-15-9-8-14-29(30)24-10-4-2-5-11-24/h2-7,10-13,16-19,26,29-30H,8-9,14-15,20-23H2,1H3. The summed E-state index contributed by atoms with van der Waals surface area (Å²) >= 11 is 0. The second-order valence-electron chi connectivity index (χ2n) is 9.95. The first-order valence-electron chi connectivity index (χ1n) is 13.1. The Morgan fingerprint density at radius 2 is 1.39 bits per heavy atom. The normalized spacial score (nSPS) is 21.7. The van der Waals surface area contributed by atoms with E-state index in [1.54, 1.807) is 35.7 Å². The number of piperidine rings is 1. The molecular weight excluding hydrogens is 468 g/mol. The summed E-state index contributed by atoms with van der Waals surface area (Å²) in [5, 5.41) is 0. The highest BCUT2D eigenvalue weighted by Gasteiger charge is 2.38. The summed E-state index contributed by atoms with van der Waals surface area (Å²) in [5.74, 6) is 1.21. The van der Waals surface area contributed by atoms with Crippen LogP contribution in [-0.2, 0) is 10.0 Å². The molecule has 1 saturated carbocycles. The minimum absolute atomic E-state index is 0.0745. The van der Waals surface area contributed by atoms with E-state index in [2.05, 4.69) is 35.2 Å². The lowest BCUT2D eigenvalue weighted by molar-refractivity contribution is 0.107. The van der Waals surface area contributed by atoms with Gasteiger partial charge in [0, 0.05) is 25.2 Å². The molecule has 1 aliphatic carbocycles. The van der Waals surface area contributed by atoms with Crippen molar-refractivity contribution in [1.82, 2.24) is 4.90 Å². The molecular formula is C30H36N2O3S. The molecule has 2 aliphatic rings. The molecule has 2 fully saturated rings. The number of benzene rings is 3. The monoisotopic (exact) mass is 504 g/mol. The number of hydrogen-bond acceptors (Lipinski definition) is 4. The quantitative estimate of drug-likeness (QED) is 0.391. The third-order valence-electron chi connectivity index (χ3n) is 7.88. The number of anilines is 1. The average molecular weight is 505 g/mol. The van der Waals surface area contributed by atoms with Gasteiger partial charge in [-0.2, -0.15) is 0 Å². The van der Waals surface area contributed by atoms with E-state index in [0.717, 1.165) is 31.6 Å². The Labute approximate surface area is 215 Å². The molecule has 5 nitrogen and oxygen atoms in total. The molecule has 5 rings (SSSR count). The summed E-state index contributed by atoms with van der Waals surface area (Å²) < 4.78 is 34.8. The van der Waals surface area contributed by atoms with Crippen LogP contribution in [0.15, 0.2) is 89.8 Å². The second-order valence-corrected chi connectivity index (χ2v) is 11.8. The molecule has 0 radical (unpaired) electrons. The fourth-order valence-corrected chi connectivity index (χ4v) is 7.78. The molecule has 0 amide bonds. The first-order valence-corrected chi connectivity index (χ1v) is 14.5. The number of nitrogens with zero attached hydrogens (tertiary/aromatic N) is 2. The van der Waals surface area contributed by atoms with Crippen molar-refractivity contribution in [2.24, 2.45) is 0 Å². The second kappa shape index (κ2) is 11.1. The highest BCUT2D eigenvalue weighted by atomic mass is 32.2. The molecule has 1 heterocycles. The van der Waals surface area contributed by atoms with Gasteiger partial charge in [0.1, 0.15) is 5.75 Å². The maximum absolute atomic E-state index is 13.9. The van der Waals surface area contributed by atoms with Crippen molar-refractivity contribution < 1.29 is 13.2 Å². The number of para-hydroxylation sites is 1. The number of sulfonamides is 1. The molecule has 3 aromatic carbocycles. The summed E-state index contributed by atoms with van der Waals surface area (Å²) in [6, 6.07) is 27.7. The Kier molecular flexibility index (Phi) is 7.63. The van der Waals surface area contributed by atoms with Crippen molar-refractivity contribution >= 4 is 15.7 Å². The molecule has 0 N–H and O–H groups in total. The molecule has 0 spiro atoms. The van der Waals surface area contributed by atoms with Gasteiger partial charge < -0.3 is 4.74 Å². The van der Waals surface area contributed by atoms with Gasteiger partial charge in [0.15, 0.2) is 0 Å². The van der Waals surface area contributed by atoms with Gasteiger partial charge in [0.25, 0.3) is 10.0 Å². The maximum Gasteiger partial charge on any atom is 0.264 e. The van der Waals surface area contributed by atoms with Crippen LogP contribution in [0.25, 0.3) is 0 Å². The molecule has 190 valence electrons. The average Bonchev–Trinajstić information content (AvgIpc) is 2.94. The van der Waals surface area contributed by atoms with Gasteiger partial charge in [0.05, 0.1) is 17.7 Å². The molecule has 2 atom stereocenters. The highest BCUT2D eigenvalue weighted by Crippen LogP contribution is 2.38. The zero-order valence-electron chi connectivity index (χ0n) is 21.0. The minimum Gasteiger partial charge on any atom is -0.497 e. The van der Waals surface area contributed by atoms with Crippen LogP contribution in [-0.4, -0.2) is 45.6 Å². The molecule has 0 aromatic heterocycles. The van der Waals surface area contributed by atoms with Crippen LogP contribution in [0.2, 0.25) is 0 Å². The van der Waals surface area contributed by atoms with Gasteiger partial charge in [-0.1, -0.05) is 61.4 Å². The van der Waals surface area contributed by atoms with Gasteiger partial charge in [0.2, 0.25) is 0 Å². The van der Waals surface area contributed by atoms with E-state index in [-0.39, 0.29) is 6.04 Å². The zero-order valence-corrected chi connectivity index (χ0v) is 21.8. The maximum atomic E-state index is 13.9. The van der Waals surface area contributed by atoms with Crippen LogP contribution in [0, 0.1) is 0 Å². The van der Waals surface area contributed by atoms with Gasteiger partial charge in [-0.05, 0) is 73.6 Å². The SMILES string of the molecule is COc1ccc(S(=O)(=O)N(c2ccccc2)C2CCN(C3CCCCC3c3ccccc3)CC2)cc1. The van der Waals surface area contributed by atoms with Crippen molar-refractivity contribution in [2.45, 2.75) is 61.4 Å². The Balaban J connectivity index is 1.37. The molecule has 3 aromatic rings. The van der Waals surface area contributed by atoms with Gasteiger partial charge >= 0.3 is 0 Å².